The van der Waals surface area contributed by atoms with Crippen LogP contribution in [0.5, 0.6) is 0 Å². The minimum absolute atomic E-state index is 0.127. The standard InChI is InChI=1S/C8H8N2O2/c1-6-4-9-5-7(10-6)8(12)2-3-11/h3-5H,2H2,1H3. The quantitative estimate of drug-likeness (QED) is 0.372. The van der Waals surface area contributed by atoms with Gasteiger partial charge in [0.2, 0.25) is 0 Å². The summed E-state index contributed by atoms with van der Waals surface area (Å²) >= 11 is 0. The van der Waals surface area contributed by atoms with Gasteiger partial charge in [0, 0.05) is 6.20 Å². The summed E-state index contributed by atoms with van der Waals surface area (Å²) in [6.07, 6.45) is 3.35. The van der Waals surface area contributed by atoms with Crippen molar-refractivity contribution in [1.82, 2.24) is 9.97 Å². The Hall–Kier alpha value is -1.58. The van der Waals surface area contributed by atoms with Gasteiger partial charge in [0.25, 0.3) is 0 Å². The third-order valence-electron chi connectivity index (χ3n) is 1.31. The van der Waals surface area contributed by atoms with Gasteiger partial charge in [0.05, 0.1) is 18.3 Å². The van der Waals surface area contributed by atoms with E-state index in [0.29, 0.717) is 12.0 Å². The molecule has 1 rings (SSSR count). The van der Waals surface area contributed by atoms with Crippen molar-refractivity contribution < 1.29 is 9.59 Å². The minimum Gasteiger partial charge on any atom is -0.303 e. The molecule has 0 spiro atoms. The minimum atomic E-state index is -0.291. The molecule has 0 saturated heterocycles. The second-order valence-corrected chi connectivity index (χ2v) is 2.34. The van der Waals surface area contributed by atoms with Gasteiger partial charge in [-0.3, -0.25) is 9.78 Å². The van der Waals surface area contributed by atoms with Crippen molar-refractivity contribution in [3.8, 4) is 0 Å². The lowest BCUT2D eigenvalue weighted by Crippen LogP contribution is -2.04. The van der Waals surface area contributed by atoms with E-state index in [0.717, 1.165) is 0 Å². The number of aryl methyl sites for hydroxylation is 1. The van der Waals surface area contributed by atoms with E-state index in [2.05, 4.69) is 9.97 Å². The van der Waals surface area contributed by atoms with Gasteiger partial charge < -0.3 is 4.79 Å². The van der Waals surface area contributed by atoms with E-state index in [-0.39, 0.29) is 17.9 Å². The second kappa shape index (κ2) is 3.71. The molecular formula is C8H8N2O2. The summed E-state index contributed by atoms with van der Waals surface area (Å²) in [5.41, 5.74) is 0.925. The van der Waals surface area contributed by atoms with Crippen molar-refractivity contribution in [3.05, 3.63) is 23.8 Å². The fraction of sp³-hybridized carbons (Fsp3) is 0.250. The van der Waals surface area contributed by atoms with Crippen LogP contribution in [0.1, 0.15) is 22.6 Å². The third kappa shape index (κ3) is 1.95. The molecule has 0 saturated carbocycles. The molecule has 62 valence electrons. The summed E-state index contributed by atoms with van der Waals surface area (Å²) in [5.74, 6) is -0.291. The maximum Gasteiger partial charge on any atom is 0.189 e. The van der Waals surface area contributed by atoms with Gasteiger partial charge in [0.15, 0.2) is 5.78 Å². The monoisotopic (exact) mass is 164 g/mol. The number of aldehydes is 1. The largest absolute Gasteiger partial charge is 0.303 e. The van der Waals surface area contributed by atoms with Crippen molar-refractivity contribution in [2.24, 2.45) is 0 Å². The molecule has 1 aromatic rings. The first-order valence-corrected chi connectivity index (χ1v) is 3.49. The Labute approximate surface area is 69.7 Å². The Kier molecular flexibility index (Phi) is 2.63. The van der Waals surface area contributed by atoms with E-state index in [1.165, 1.54) is 6.20 Å². The molecule has 1 aromatic heterocycles. The van der Waals surface area contributed by atoms with Gasteiger partial charge >= 0.3 is 0 Å². The van der Waals surface area contributed by atoms with Crippen LogP contribution in [0.25, 0.3) is 0 Å². The number of rotatable bonds is 3. The van der Waals surface area contributed by atoms with Crippen molar-refractivity contribution >= 4 is 12.1 Å². The van der Waals surface area contributed by atoms with Crippen LogP contribution in [0.15, 0.2) is 12.4 Å². The van der Waals surface area contributed by atoms with Crippen LogP contribution >= 0.6 is 0 Å². The molecule has 0 amide bonds. The summed E-state index contributed by atoms with van der Waals surface area (Å²) < 4.78 is 0. The van der Waals surface area contributed by atoms with Crippen LogP contribution in [0.2, 0.25) is 0 Å². The lowest BCUT2D eigenvalue weighted by Gasteiger charge is -1.95. The van der Waals surface area contributed by atoms with Gasteiger partial charge in [-0.05, 0) is 6.92 Å². The highest BCUT2D eigenvalue weighted by atomic mass is 16.1. The summed E-state index contributed by atoms with van der Waals surface area (Å²) in [4.78, 5) is 28.8. The number of hydrogen-bond donors (Lipinski definition) is 0. The van der Waals surface area contributed by atoms with Gasteiger partial charge in [-0.2, -0.15) is 0 Å². The number of carbonyl (C=O) groups is 2. The summed E-state index contributed by atoms with van der Waals surface area (Å²) in [6, 6.07) is 0. The third-order valence-corrected chi connectivity index (χ3v) is 1.31. The lowest BCUT2D eigenvalue weighted by molar-refractivity contribution is -0.107. The van der Waals surface area contributed by atoms with Gasteiger partial charge in [-0.15, -0.1) is 0 Å². The van der Waals surface area contributed by atoms with E-state index in [4.69, 9.17) is 0 Å². The molecule has 0 aromatic carbocycles. The van der Waals surface area contributed by atoms with E-state index in [9.17, 15) is 9.59 Å². The van der Waals surface area contributed by atoms with E-state index < -0.39 is 0 Å². The smallest absolute Gasteiger partial charge is 0.189 e. The normalized spacial score (nSPS) is 9.42. The lowest BCUT2D eigenvalue weighted by atomic mass is 10.2. The van der Waals surface area contributed by atoms with Gasteiger partial charge in [-0.25, -0.2) is 4.98 Å². The summed E-state index contributed by atoms with van der Waals surface area (Å²) in [6.45, 7) is 1.74. The molecule has 0 N–H and O–H groups in total. The van der Waals surface area contributed by atoms with E-state index in [1.54, 1.807) is 13.1 Å². The zero-order chi connectivity index (χ0) is 8.97. The van der Waals surface area contributed by atoms with Crippen LogP contribution in [-0.2, 0) is 4.79 Å². The average Bonchev–Trinajstić information content (AvgIpc) is 2.05. The fourth-order valence-corrected chi connectivity index (χ4v) is 0.778. The molecule has 0 unspecified atom stereocenters. The first-order valence-electron chi connectivity index (χ1n) is 3.49. The molecule has 0 aliphatic rings. The maximum absolute atomic E-state index is 11.1. The predicted octanol–water partition coefficient (Wildman–Crippen LogP) is 0.557. The molecule has 0 fully saturated rings. The fourth-order valence-electron chi connectivity index (χ4n) is 0.778. The highest BCUT2D eigenvalue weighted by Crippen LogP contribution is 1.97. The molecule has 0 atom stereocenters. The Bertz CT molecular complexity index is 310. The Morgan fingerprint density at radius 2 is 2.33 bits per heavy atom. The van der Waals surface area contributed by atoms with Crippen LogP contribution in [0.4, 0.5) is 0 Å². The molecule has 1 heterocycles. The SMILES string of the molecule is Cc1cncc(C(=O)CC=O)n1. The first kappa shape index (κ1) is 8.52. The van der Waals surface area contributed by atoms with E-state index in [1.807, 2.05) is 0 Å². The molecule has 0 radical (unpaired) electrons. The van der Waals surface area contributed by atoms with Gasteiger partial charge in [0.1, 0.15) is 12.0 Å². The number of ketones is 1. The maximum atomic E-state index is 11.1. The zero-order valence-corrected chi connectivity index (χ0v) is 6.65. The molecule has 4 nitrogen and oxygen atoms in total. The summed E-state index contributed by atoms with van der Waals surface area (Å²) in [7, 11) is 0. The molecular weight excluding hydrogens is 156 g/mol. The van der Waals surface area contributed by atoms with Crippen LogP contribution in [0, 0.1) is 6.92 Å². The van der Waals surface area contributed by atoms with E-state index >= 15 is 0 Å². The number of nitrogens with zero attached hydrogens (tertiary/aromatic N) is 2. The Morgan fingerprint density at radius 1 is 1.58 bits per heavy atom. The zero-order valence-electron chi connectivity index (χ0n) is 6.65. The molecule has 12 heavy (non-hydrogen) atoms. The van der Waals surface area contributed by atoms with Crippen molar-refractivity contribution in [3.63, 3.8) is 0 Å². The highest BCUT2D eigenvalue weighted by molar-refractivity contribution is 6.01. The Morgan fingerprint density at radius 3 is 2.92 bits per heavy atom. The van der Waals surface area contributed by atoms with Crippen molar-refractivity contribution in [2.45, 2.75) is 13.3 Å². The van der Waals surface area contributed by atoms with Crippen LogP contribution in [0.3, 0.4) is 0 Å². The average molecular weight is 164 g/mol. The molecule has 0 bridgehead atoms. The number of Topliss-reactive ketones (excluding diaryl/α,β-unsaturated/α-hetero) is 1. The van der Waals surface area contributed by atoms with Crippen molar-refractivity contribution in [2.75, 3.05) is 0 Å². The first-order chi connectivity index (χ1) is 5.74. The second-order valence-electron chi connectivity index (χ2n) is 2.34. The predicted molar refractivity (Wildman–Crippen MR) is 41.8 cm³/mol. The highest BCUT2D eigenvalue weighted by Gasteiger charge is 2.06. The number of carbonyl (C=O) groups excluding carboxylic acids is 2. The molecule has 0 aliphatic carbocycles. The Balaban J connectivity index is 2.87. The van der Waals surface area contributed by atoms with Gasteiger partial charge in [-0.1, -0.05) is 0 Å². The molecule has 4 heteroatoms. The number of hydrogen-bond acceptors (Lipinski definition) is 4. The summed E-state index contributed by atoms with van der Waals surface area (Å²) in [5, 5.41) is 0. The van der Waals surface area contributed by atoms with Crippen molar-refractivity contribution in [1.29, 1.82) is 0 Å². The molecule has 0 aliphatic heterocycles. The number of aromatic nitrogens is 2. The van der Waals surface area contributed by atoms with Crippen LogP contribution < -0.4 is 0 Å². The topological polar surface area (TPSA) is 59.9 Å². The van der Waals surface area contributed by atoms with Crippen LogP contribution in [-0.4, -0.2) is 22.0 Å².